The van der Waals surface area contributed by atoms with E-state index in [9.17, 15) is 4.79 Å². The second-order valence-electron chi connectivity index (χ2n) is 4.71. The number of aliphatic hydroxyl groups excluding tert-OH is 1. The van der Waals surface area contributed by atoms with E-state index in [0.717, 1.165) is 35.9 Å². The number of aliphatic hydroxyl groups is 1. The van der Waals surface area contributed by atoms with E-state index in [4.69, 9.17) is 5.11 Å². The van der Waals surface area contributed by atoms with Gasteiger partial charge in [0.15, 0.2) is 0 Å². The summed E-state index contributed by atoms with van der Waals surface area (Å²) in [6.45, 7) is 1.81. The maximum atomic E-state index is 11.1. The highest BCUT2D eigenvalue weighted by Crippen LogP contribution is 2.12. The maximum absolute atomic E-state index is 11.1. The lowest BCUT2D eigenvalue weighted by Gasteiger charge is -2.00. The number of rotatable bonds is 5. The Balaban J connectivity index is 2.03. The third kappa shape index (κ3) is 4.03. The Kier molecular flexibility index (Phi) is 4.47. The van der Waals surface area contributed by atoms with Crippen LogP contribution in [0.25, 0.3) is 17.1 Å². The zero-order chi connectivity index (χ0) is 13.7. The molecule has 0 aliphatic heterocycles. The average Bonchev–Trinajstić information content (AvgIpc) is 2.38. The van der Waals surface area contributed by atoms with Crippen LogP contribution in [0.5, 0.6) is 0 Å². The molecule has 0 fully saturated rings. The summed E-state index contributed by atoms with van der Waals surface area (Å²) < 4.78 is 0. The number of nitrogens with zero attached hydrogens (tertiary/aromatic N) is 1. The lowest BCUT2D eigenvalue weighted by molar-refractivity contribution is 0.182. The van der Waals surface area contributed by atoms with Crippen molar-refractivity contribution >= 4 is 17.1 Å². The zero-order valence-corrected chi connectivity index (χ0v) is 11.0. The summed E-state index contributed by atoms with van der Waals surface area (Å²) in [5.74, 6) is 0. The average molecular weight is 258 g/mol. The highest BCUT2D eigenvalue weighted by atomic mass is 16.3. The van der Waals surface area contributed by atoms with E-state index in [1.54, 1.807) is 6.92 Å². The molecule has 0 radical (unpaired) electrons. The van der Waals surface area contributed by atoms with Crippen LogP contribution in [0, 0.1) is 0 Å². The minimum atomic E-state index is -0.227. The molecule has 0 saturated heterocycles. The van der Waals surface area contributed by atoms with Gasteiger partial charge in [0.2, 0.25) is 0 Å². The summed E-state index contributed by atoms with van der Waals surface area (Å²) in [5.41, 5.74) is 2.41. The van der Waals surface area contributed by atoms with Gasteiger partial charge in [-0.2, -0.15) is 0 Å². The van der Waals surface area contributed by atoms with Crippen LogP contribution in [0.1, 0.15) is 31.7 Å². The van der Waals surface area contributed by atoms with Crippen molar-refractivity contribution in [3.63, 3.8) is 0 Å². The SMILES string of the molecule is CC(O)CCC/C=C/c1ccc2[nH]c(=O)cnc2c1. The Hall–Kier alpha value is -1.94. The van der Waals surface area contributed by atoms with Gasteiger partial charge in [-0.15, -0.1) is 0 Å². The number of hydrogen-bond acceptors (Lipinski definition) is 3. The molecule has 0 saturated carbocycles. The molecular weight excluding hydrogens is 240 g/mol. The zero-order valence-electron chi connectivity index (χ0n) is 11.0. The molecule has 100 valence electrons. The molecule has 0 amide bonds. The van der Waals surface area contributed by atoms with Crippen LogP contribution < -0.4 is 5.56 Å². The minimum Gasteiger partial charge on any atom is -0.393 e. The van der Waals surface area contributed by atoms with Gasteiger partial charge in [-0.05, 0) is 43.9 Å². The van der Waals surface area contributed by atoms with E-state index in [1.807, 2.05) is 24.3 Å². The van der Waals surface area contributed by atoms with Crippen LogP contribution in [0.4, 0.5) is 0 Å². The fraction of sp³-hybridized carbons (Fsp3) is 0.333. The van der Waals surface area contributed by atoms with Crippen LogP contribution >= 0.6 is 0 Å². The van der Waals surface area contributed by atoms with Crippen molar-refractivity contribution in [3.8, 4) is 0 Å². The Labute approximate surface area is 111 Å². The number of unbranched alkanes of at least 4 members (excludes halogenated alkanes) is 1. The molecule has 1 heterocycles. The monoisotopic (exact) mass is 258 g/mol. The van der Waals surface area contributed by atoms with Crippen molar-refractivity contribution in [2.75, 3.05) is 0 Å². The quantitative estimate of drug-likeness (QED) is 0.810. The van der Waals surface area contributed by atoms with Crippen LogP contribution in [-0.2, 0) is 0 Å². The molecule has 0 aliphatic rings. The number of H-pyrrole nitrogens is 1. The first-order valence-corrected chi connectivity index (χ1v) is 6.49. The molecule has 1 aromatic heterocycles. The van der Waals surface area contributed by atoms with Crippen LogP contribution in [-0.4, -0.2) is 21.2 Å². The molecular formula is C15H18N2O2. The molecule has 2 rings (SSSR count). The summed E-state index contributed by atoms with van der Waals surface area (Å²) in [7, 11) is 0. The second kappa shape index (κ2) is 6.29. The van der Waals surface area contributed by atoms with Crippen molar-refractivity contribution in [1.82, 2.24) is 9.97 Å². The van der Waals surface area contributed by atoms with E-state index in [2.05, 4.69) is 16.0 Å². The van der Waals surface area contributed by atoms with Gasteiger partial charge < -0.3 is 10.1 Å². The summed E-state index contributed by atoms with van der Waals surface area (Å²) in [6.07, 6.45) is 7.94. The molecule has 2 N–H and O–H groups in total. The molecule has 1 aromatic carbocycles. The summed E-state index contributed by atoms with van der Waals surface area (Å²) >= 11 is 0. The van der Waals surface area contributed by atoms with Crippen LogP contribution in [0.2, 0.25) is 0 Å². The predicted octanol–water partition coefficient (Wildman–Crippen LogP) is 2.49. The Morgan fingerprint density at radius 3 is 3.11 bits per heavy atom. The van der Waals surface area contributed by atoms with E-state index < -0.39 is 0 Å². The van der Waals surface area contributed by atoms with Gasteiger partial charge in [0.1, 0.15) is 0 Å². The van der Waals surface area contributed by atoms with Crippen molar-refractivity contribution in [1.29, 1.82) is 0 Å². The highest BCUT2D eigenvalue weighted by Gasteiger charge is 1.97. The smallest absolute Gasteiger partial charge is 0.266 e. The van der Waals surface area contributed by atoms with Gasteiger partial charge in [-0.3, -0.25) is 4.79 Å². The molecule has 0 spiro atoms. The molecule has 4 heteroatoms. The number of nitrogens with one attached hydrogen (secondary N) is 1. The Bertz CT molecular complexity index is 629. The van der Waals surface area contributed by atoms with Gasteiger partial charge >= 0.3 is 0 Å². The first-order chi connectivity index (χ1) is 9.15. The van der Waals surface area contributed by atoms with E-state index in [-0.39, 0.29) is 11.7 Å². The van der Waals surface area contributed by atoms with Gasteiger partial charge in [0.05, 0.1) is 23.3 Å². The molecule has 19 heavy (non-hydrogen) atoms. The number of benzene rings is 1. The fourth-order valence-corrected chi connectivity index (χ4v) is 1.91. The molecule has 4 nitrogen and oxygen atoms in total. The second-order valence-corrected chi connectivity index (χ2v) is 4.71. The van der Waals surface area contributed by atoms with E-state index in [0.29, 0.717) is 0 Å². The van der Waals surface area contributed by atoms with E-state index >= 15 is 0 Å². The van der Waals surface area contributed by atoms with Gasteiger partial charge in [-0.25, -0.2) is 4.98 Å². The highest BCUT2D eigenvalue weighted by molar-refractivity contribution is 5.76. The van der Waals surface area contributed by atoms with Crippen molar-refractivity contribution < 1.29 is 5.11 Å². The Morgan fingerprint density at radius 2 is 2.32 bits per heavy atom. The number of fused-ring (bicyclic) bond motifs is 1. The summed E-state index contributed by atoms with van der Waals surface area (Å²) in [5, 5.41) is 9.15. The minimum absolute atomic E-state index is 0.186. The maximum Gasteiger partial charge on any atom is 0.266 e. The molecule has 0 aliphatic carbocycles. The van der Waals surface area contributed by atoms with Crippen LogP contribution in [0.15, 0.2) is 35.3 Å². The first kappa shape index (κ1) is 13.5. The lowest BCUT2D eigenvalue weighted by Crippen LogP contribution is -2.04. The Morgan fingerprint density at radius 1 is 1.47 bits per heavy atom. The van der Waals surface area contributed by atoms with Crippen molar-refractivity contribution in [3.05, 3.63) is 46.4 Å². The van der Waals surface area contributed by atoms with Crippen LogP contribution in [0.3, 0.4) is 0 Å². The van der Waals surface area contributed by atoms with Gasteiger partial charge in [0.25, 0.3) is 5.56 Å². The number of hydrogen-bond donors (Lipinski definition) is 2. The normalized spacial score (nSPS) is 13.2. The lowest BCUT2D eigenvalue weighted by atomic mass is 10.1. The number of aromatic amines is 1. The van der Waals surface area contributed by atoms with Gasteiger partial charge in [-0.1, -0.05) is 18.2 Å². The number of aromatic nitrogens is 2. The summed E-state index contributed by atoms with van der Waals surface area (Å²) in [6, 6.07) is 5.75. The molecule has 1 unspecified atom stereocenters. The standard InChI is InChI=1S/C15H18N2O2/c1-11(18)5-3-2-4-6-12-7-8-13-14(9-12)16-10-15(19)17-13/h4,6-11,18H,2-3,5H2,1H3,(H,17,19)/b6-4+. The third-order valence-electron chi connectivity index (χ3n) is 2.90. The molecule has 2 aromatic rings. The number of allylic oxidation sites excluding steroid dienone is 1. The summed E-state index contributed by atoms with van der Waals surface area (Å²) in [4.78, 5) is 17.9. The molecule has 0 bridgehead atoms. The fourth-order valence-electron chi connectivity index (χ4n) is 1.91. The molecule has 1 atom stereocenters. The van der Waals surface area contributed by atoms with Gasteiger partial charge in [0, 0.05) is 0 Å². The predicted molar refractivity (Wildman–Crippen MR) is 76.9 cm³/mol. The topological polar surface area (TPSA) is 66.0 Å². The largest absolute Gasteiger partial charge is 0.393 e. The van der Waals surface area contributed by atoms with Crippen molar-refractivity contribution in [2.45, 2.75) is 32.3 Å². The van der Waals surface area contributed by atoms with E-state index in [1.165, 1.54) is 6.20 Å². The van der Waals surface area contributed by atoms with Crippen molar-refractivity contribution in [2.24, 2.45) is 0 Å². The first-order valence-electron chi connectivity index (χ1n) is 6.49. The third-order valence-corrected chi connectivity index (χ3v) is 2.90.